The molecule has 0 unspecified atom stereocenters. The first kappa shape index (κ1) is 17.6. The zero-order valence-corrected chi connectivity index (χ0v) is 12.7. The maximum atomic E-state index is 12.9. The highest BCUT2D eigenvalue weighted by Crippen LogP contribution is 2.31. The molecule has 1 aromatic carbocycles. The summed E-state index contributed by atoms with van der Waals surface area (Å²) in [7, 11) is 0. The molecule has 0 spiro atoms. The van der Waals surface area contributed by atoms with Crippen LogP contribution in [-0.2, 0) is 15.7 Å². The maximum absolute atomic E-state index is 12.9. The van der Waals surface area contributed by atoms with Gasteiger partial charge in [0.05, 0.1) is 29.8 Å². The van der Waals surface area contributed by atoms with Gasteiger partial charge in [-0.05, 0) is 32.0 Å². The van der Waals surface area contributed by atoms with Crippen molar-refractivity contribution in [1.29, 1.82) is 0 Å². The minimum atomic E-state index is -4.68. The Kier molecular flexibility index (Phi) is 4.67. The molecule has 0 aliphatic carbocycles. The summed E-state index contributed by atoms with van der Waals surface area (Å²) in [6.45, 7) is 2.80. The quantitative estimate of drug-likeness (QED) is 0.835. The number of carbonyl (C=O) groups excluding carboxylic acids is 2. The van der Waals surface area contributed by atoms with Gasteiger partial charge in [0.2, 0.25) is 0 Å². The SMILES string of the molecule is CCOC(=O)n1c(=O)n(C(=O)OCC)c2cc(C(F)(F)F)ccc21. The lowest BCUT2D eigenvalue weighted by Gasteiger charge is -2.07. The van der Waals surface area contributed by atoms with Crippen LogP contribution in [0.1, 0.15) is 19.4 Å². The molecule has 0 bridgehead atoms. The van der Waals surface area contributed by atoms with Gasteiger partial charge in [-0.2, -0.15) is 22.3 Å². The molecule has 2 aromatic rings. The number of fused-ring (bicyclic) bond motifs is 1. The first-order valence-corrected chi connectivity index (χ1v) is 6.91. The van der Waals surface area contributed by atoms with Gasteiger partial charge in [-0.25, -0.2) is 14.4 Å². The van der Waals surface area contributed by atoms with E-state index in [2.05, 4.69) is 4.74 Å². The molecule has 130 valence electrons. The highest BCUT2D eigenvalue weighted by molar-refractivity contribution is 5.92. The fourth-order valence-electron chi connectivity index (χ4n) is 2.10. The summed E-state index contributed by atoms with van der Waals surface area (Å²) in [6, 6.07) is 2.22. The van der Waals surface area contributed by atoms with Crippen LogP contribution in [0.2, 0.25) is 0 Å². The minimum Gasteiger partial charge on any atom is -0.449 e. The van der Waals surface area contributed by atoms with Gasteiger partial charge < -0.3 is 9.47 Å². The first-order chi connectivity index (χ1) is 11.2. The molecule has 7 nitrogen and oxygen atoms in total. The van der Waals surface area contributed by atoms with Gasteiger partial charge in [0.1, 0.15) is 0 Å². The standard InChI is InChI=1S/C14H13F3N2O5/c1-3-23-12(21)18-9-6-5-8(14(15,16)17)7-10(9)19(11(18)20)13(22)24-4-2/h5-7H,3-4H2,1-2H3. The largest absolute Gasteiger partial charge is 0.449 e. The third kappa shape index (κ3) is 2.99. The highest BCUT2D eigenvalue weighted by atomic mass is 19.4. The van der Waals surface area contributed by atoms with E-state index in [0.717, 1.165) is 6.07 Å². The summed E-state index contributed by atoms with van der Waals surface area (Å²) in [5.74, 6) is 0. The van der Waals surface area contributed by atoms with Crippen molar-refractivity contribution in [2.75, 3.05) is 13.2 Å². The number of carbonyl (C=O) groups is 2. The zero-order valence-electron chi connectivity index (χ0n) is 12.7. The van der Waals surface area contributed by atoms with E-state index in [4.69, 9.17) is 4.74 Å². The predicted molar refractivity (Wildman–Crippen MR) is 76.0 cm³/mol. The Hall–Kier alpha value is -2.78. The Morgan fingerprint density at radius 3 is 1.96 bits per heavy atom. The third-order valence-corrected chi connectivity index (χ3v) is 3.07. The number of alkyl halides is 3. The second-order valence-electron chi connectivity index (χ2n) is 4.55. The van der Waals surface area contributed by atoms with E-state index in [9.17, 15) is 27.6 Å². The van der Waals surface area contributed by atoms with Gasteiger partial charge in [-0.15, -0.1) is 0 Å². The summed E-state index contributed by atoms with van der Waals surface area (Å²) >= 11 is 0. The Morgan fingerprint density at radius 1 is 1.00 bits per heavy atom. The monoisotopic (exact) mass is 346 g/mol. The van der Waals surface area contributed by atoms with E-state index in [1.54, 1.807) is 0 Å². The van der Waals surface area contributed by atoms with Crippen molar-refractivity contribution in [3.8, 4) is 0 Å². The van der Waals surface area contributed by atoms with Crippen molar-refractivity contribution in [3.05, 3.63) is 34.2 Å². The second-order valence-corrected chi connectivity index (χ2v) is 4.55. The summed E-state index contributed by atoms with van der Waals surface area (Å²) in [5.41, 5.74) is -2.84. The van der Waals surface area contributed by atoms with E-state index in [0.29, 0.717) is 21.3 Å². The van der Waals surface area contributed by atoms with Crippen molar-refractivity contribution in [2.45, 2.75) is 20.0 Å². The van der Waals surface area contributed by atoms with Crippen LogP contribution in [0, 0.1) is 0 Å². The number of aromatic nitrogens is 2. The van der Waals surface area contributed by atoms with Crippen molar-refractivity contribution in [3.63, 3.8) is 0 Å². The van der Waals surface area contributed by atoms with E-state index >= 15 is 0 Å². The van der Waals surface area contributed by atoms with Gasteiger partial charge in [-0.3, -0.25) is 0 Å². The molecule has 0 saturated carbocycles. The molecular weight excluding hydrogens is 333 g/mol. The molecule has 0 fully saturated rings. The van der Waals surface area contributed by atoms with Crippen LogP contribution < -0.4 is 5.69 Å². The normalized spacial score (nSPS) is 11.5. The van der Waals surface area contributed by atoms with Crippen molar-refractivity contribution >= 4 is 23.2 Å². The lowest BCUT2D eigenvalue weighted by Crippen LogP contribution is -2.33. The third-order valence-electron chi connectivity index (χ3n) is 3.07. The molecule has 10 heteroatoms. The number of hydrogen-bond acceptors (Lipinski definition) is 5. The highest BCUT2D eigenvalue weighted by Gasteiger charge is 2.33. The molecule has 1 heterocycles. The molecule has 0 amide bonds. The van der Waals surface area contributed by atoms with Crippen LogP contribution in [-0.4, -0.2) is 34.5 Å². The lowest BCUT2D eigenvalue weighted by atomic mass is 10.2. The number of halogens is 3. The average Bonchev–Trinajstić information content (AvgIpc) is 2.77. The van der Waals surface area contributed by atoms with Crippen LogP contribution in [0.25, 0.3) is 11.0 Å². The molecule has 1 aromatic heterocycles. The smallest absolute Gasteiger partial charge is 0.422 e. The second kappa shape index (κ2) is 6.38. The fourth-order valence-corrected chi connectivity index (χ4v) is 2.10. The van der Waals surface area contributed by atoms with Crippen LogP contribution in [0.3, 0.4) is 0 Å². The molecule has 0 radical (unpaired) electrons. The summed E-state index contributed by atoms with van der Waals surface area (Å²) in [4.78, 5) is 36.2. The van der Waals surface area contributed by atoms with Crippen LogP contribution in [0.5, 0.6) is 0 Å². The van der Waals surface area contributed by atoms with Crippen molar-refractivity contribution < 1.29 is 32.2 Å². The van der Waals surface area contributed by atoms with Crippen LogP contribution in [0.15, 0.2) is 23.0 Å². The molecule has 0 aliphatic heterocycles. The Labute approximate surface area is 133 Å². The molecule has 0 aliphatic rings. The summed E-state index contributed by atoms with van der Waals surface area (Å²) in [5, 5.41) is 0. The van der Waals surface area contributed by atoms with E-state index in [1.807, 2.05) is 0 Å². The van der Waals surface area contributed by atoms with Crippen molar-refractivity contribution in [1.82, 2.24) is 9.13 Å². The van der Waals surface area contributed by atoms with Crippen molar-refractivity contribution in [2.24, 2.45) is 0 Å². The van der Waals surface area contributed by atoms with E-state index < -0.39 is 35.1 Å². The number of nitrogens with zero attached hydrogens (tertiary/aromatic N) is 2. The van der Waals surface area contributed by atoms with E-state index in [-0.39, 0.29) is 18.7 Å². The Morgan fingerprint density at radius 2 is 1.50 bits per heavy atom. The molecule has 0 atom stereocenters. The predicted octanol–water partition coefficient (Wildman–Crippen LogP) is 2.83. The van der Waals surface area contributed by atoms with Gasteiger partial charge in [0.25, 0.3) is 0 Å². The number of rotatable bonds is 2. The molecule has 0 N–H and O–H groups in total. The Bertz CT molecular complexity index is 850. The zero-order chi connectivity index (χ0) is 18.1. The number of imidazole rings is 1. The van der Waals surface area contributed by atoms with Gasteiger partial charge in [0.15, 0.2) is 0 Å². The maximum Gasteiger partial charge on any atom is 0.422 e. The van der Waals surface area contributed by atoms with E-state index in [1.165, 1.54) is 13.8 Å². The molecule has 0 saturated heterocycles. The number of ether oxygens (including phenoxy) is 2. The number of benzene rings is 1. The number of hydrogen-bond donors (Lipinski definition) is 0. The molecule has 24 heavy (non-hydrogen) atoms. The van der Waals surface area contributed by atoms with Gasteiger partial charge in [0, 0.05) is 0 Å². The molecular formula is C14H13F3N2O5. The van der Waals surface area contributed by atoms with Crippen LogP contribution >= 0.6 is 0 Å². The first-order valence-electron chi connectivity index (χ1n) is 6.91. The van der Waals surface area contributed by atoms with Gasteiger partial charge >= 0.3 is 24.1 Å². The molecule has 2 rings (SSSR count). The van der Waals surface area contributed by atoms with Gasteiger partial charge in [-0.1, -0.05) is 0 Å². The topological polar surface area (TPSA) is 79.5 Å². The Balaban J connectivity index is 2.81. The summed E-state index contributed by atoms with van der Waals surface area (Å²) < 4.78 is 48.9. The lowest BCUT2D eigenvalue weighted by molar-refractivity contribution is -0.137. The minimum absolute atomic E-state index is 0.0576. The summed E-state index contributed by atoms with van der Waals surface area (Å²) in [6.07, 6.45) is -6.97. The van der Waals surface area contributed by atoms with Crippen LogP contribution in [0.4, 0.5) is 22.8 Å². The average molecular weight is 346 g/mol. The fraction of sp³-hybridized carbons (Fsp3) is 0.357.